The molecule has 0 saturated carbocycles. The lowest BCUT2D eigenvalue weighted by Gasteiger charge is -2.23. The monoisotopic (exact) mass is 267 g/mol. The third-order valence-corrected chi connectivity index (χ3v) is 3.21. The van der Waals surface area contributed by atoms with Crippen molar-refractivity contribution in [2.45, 2.75) is 39.0 Å². The second-order valence-corrected chi connectivity index (χ2v) is 5.41. The van der Waals surface area contributed by atoms with Gasteiger partial charge in [-0.05, 0) is 31.9 Å². The summed E-state index contributed by atoms with van der Waals surface area (Å²) in [6.45, 7) is 5.76. The number of aliphatic carboxylic acids is 1. The van der Waals surface area contributed by atoms with Crippen molar-refractivity contribution in [2.24, 2.45) is 0 Å². The summed E-state index contributed by atoms with van der Waals surface area (Å²) >= 11 is 5.95. The molecule has 18 heavy (non-hydrogen) atoms. The second kappa shape index (κ2) is 6.01. The summed E-state index contributed by atoms with van der Waals surface area (Å²) in [6.07, 6.45) is 4.97. The molecule has 0 aliphatic heterocycles. The lowest BCUT2D eigenvalue weighted by atomic mass is 9.83. The number of carboxylic acids is 1. The normalized spacial score (nSPS) is 12.6. The van der Waals surface area contributed by atoms with E-state index in [1.807, 2.05) is 6.07 Å². The molecule has 1 aromatic rings. The predicted octanol–water partition coefficient (Wildman–Crippen LogP) is 3.82. The molecular formula is C14H18ClNO2. The molecule has 1 aromatic heterocycles. The average molecular weight is 268 g/mol. The Labute approximate surface area is 113 Å². The molecule has 0 bridgehead atoms. The summed E-state index contributed by atoms with van der Waals surface area (Å²) in [5, 5.41) is 9.44. The van der Waals surface area contributed by atoms with Crippen molar-refractivity contribution in [3.63, 3.8) is 0 Å². The molecule has 0 aliphatic carbocycles. The molecule has 0 atom stereocenters. The van der Waals surface area contributed by atoms with Crippen LogP contribution in [0.2, 0.25) is 5.02 Å². The van der Waals surface area contributed by atoms with Crippen molar-refractivity contribution in [1.82, 2.24) is 4.98 Å². The van der Waals surface area contributed by atoms with Gasteiger partial charge in [0.1, 0.15) is 0 Å². The molecule has 0 saturated heterocycles. The molecule has 3 nitrogen and oxygen atoms in total. The number of hydrogen-bond donors (Lipinski definition) is 1. The van der Waals surface area contributed by atoms with E-state index in [4.69, 9.17) is 16.7 Å². The van der Waals surface area contributed by atoms with Crippen LogP contribution in [0.1, 0.15) is 39.3 Å². The Kier molecular flexibility index (Phi) is 4.91. The maximum absolute atomic E-state index is 10.7. The summed E-state index contributed by atoms with van der Waals surface area (Å²) < 4.78 is 0. The number of nitrogens with zero attached hydrogens (tertiary/aromatic N) is 1. The number of hydrogen-bond acceptors (Lipinski definition) is 2. The van der Waals surface area contributed by atoms with Crippen molar-refractivity contribution in [2.75, 3.05) is 0 Å². The number of rotatable bonds is 5. The van der Waals surface area contributed by atoms with Gasteiger partial charge in [0.25, 0.3) is 0 Å². The molecule has 1 N–H and O–H groups in total. The van der Waals surface area contributed by atoms with Gasteiger partial charge in [0.15, 0.2) is 0 Å². The Morgan fingerprint density at radius 2 is 2.22 bits per heavy atom. The van der Waals surface area contributed by atoms with E-state index >= 15 is 0 Å². The van der Waals surface area contributed by atoms with E-state index in [2.05, 4.69) is 18.8 Å². The van der Waals surface area contributed by atoms with Gasteiger partial charge in [-0.1, -0.05) is 31.5 Å². The number of allylic oxidation sites excluding steroid dienone is 1. The number of carbonyl (C=O) groups is 1. The lowest BCUT2D eigenvalue weighted by molar-refractivity contribution is -0.132. The van der Waals surface area contributed by atoms with Gasteiger partial charge in [-0.25, -0.2) is 4.79 Å². The fourth-order valence-corrected chi connectivity index (χ4v) is 1.80. The zero-order valence-electron chi connectivity index (χ0n) is 10.9. The van der Waals surface area contributed by atoms with E-state index in [9.17, 15) is 4.79 Å². The largest absolute Gasteiger partial charge is 0.478 e. The zero-order chi connectivity index (χ0) is 13.8. The Balaban J connectivity index is 2.71. The summed E-state index contributed by atoms with van der Waals surface area (Å²) in [4.78, 5) is 15.0. The first-order valence-electron chi connectivity index (χ1n) is 5.85. The highest BCUT2D eigenvalue weighted by atomic mass is 35.5. The van der Waals surface area contributed by atoms with Gasteiger partial charge in [0, 0.05) is 27.9 Å². The Morgan fingerprint density at radius 3 is 2.78 bits per heavy atom. The first-order chi connectivity index (χ1) is 8.33. The van der Waals surface area contributed by atoms with E-state index in [1.54, 1.807) is 25.3 Å². The van der Waals surface area contributed by atoms with Crippen LogP contribution in [-0.4, -0.2) is 16.1 Å². The molecule has 98 valence electrons. The summed E-state index contributed by atoms with van der Waals surface area (Å²) in [5.41, 5.74) is 1.18. The smallest absolute Gasteiger partial charge is 0.330 e. The molecule has 0 spiro atoms. The SMILES string of the molecule is C/C(=C\CCC(C)(C)c1cc(Cl)ccn1)C(=O)O. The Bertz CT molecular complexity index is 467. The molecule has 0 unspecified atom stereocenters. The predicted molar refractivity (Wildman–Crippen MR) is 72.9 cm³/mol. The highest BCUT2D eigenvalue weighted by Crippen LogP contribution is 2.28. The molecular weight excluding hydrogens is 250 g/mol. The van der Waals surface area contributed by atoms with Gasteiger partial charge in [-0.15, -0.1) is 0 Å². The van der Waals surface area contributed by atoms with E-state index in [1.165, 1.54) is 0 Å². The van der Waals surface area contributed by atoms with Crippen LogP contribution in [0.4, 0.5) is 0 Å². The standard InChI is InChI=1S/C14H18ClNO2/c1-10(13(17)18)5-4-7-14(2,3)12-9-11(15)6-8-16-12/h5-6,8-9H,4,7H2,1-3H3,(H,17,18)/b10-5+. The van der Waals surface area contributed by atoms with E-state index < -0.39 is 5.97 Å². The maximum Gasteiger partial charge on any atom is 0.330 e. The minimum atomic E-state index is -0.867. The van der Waals surface area contributed by atoms with Crippen LogP contribution in [0.5, 0.6) is 0 Å². The van der Waals surface area contributed by atoms with Crippen molar-refractivity contribution >= 4 is 17.6 Å². The first-order valence-corrected chi connectivity index (χ1v) is 6.23. The molecule has 1 heterocycles. The minimum Gasteiger partial charge on any atom is -0.478 e. The van der Waals surface area contributed by atoms with Crippen LogP contribution >= 0.6 is 11.6 Å². The third kappa shape index (κ3) is 4.15. The number of pyridine rings is 1. The van der Waals surface area contributed by atoms with Gasteiger partial charge in [0.2, 0.25) is 0 Å². The fourth-order valence-electron chi connectivity index (χ4n) is 1.64. The minimum absolute atomic E-state index is 0.125. The Hall–Kier alpha value is -1.35. The number of carboxylic acid groups (broad SMARTS) is 1. The lowest BCUT2D eigenvalue weighted by Crippen LogP contribution is -2.18. The molecule has 0 amide bonds. The second-order valence-electron chi connectivity index (χ2n) is 4.97. The van der Waals surface area contributed by atoms with Gasteiger partial charge in [-0.3, -0.25) is 4.98 Å². The van der Waals surface area contributed by atoms with Crippen molar-refractivity contribution < 1.29 is 9.90 Å². The van der Waals surface area contributed by atoms with Gasteiger partial charge in [0.05, 0.1) is 0 Å². The molecule has 0 aliphatic rings. The fraction of sp³-hybridized carbons (Fsp3) is 0.429. The van der Waals surface area contributed by atoms with Crippen LogP contribution in [-0.2, 0) is 10.2 Å². The van der Waals surface area contributed by atoms with E-state index in [0.29, 0.717) is 17.0 Å². The summed E-state index contributed by atoms with van der Waals surface area (Å²) in [6, 6.07) is 3.60. The van der Waals surface area contributed by atoms with Gasteiger partial charge < -0.3 is 5.11 Å². The molecule has 0 fully saturated rings. The zero-order valence-corrected chi connectivity index (χ0v) is 11.7. The topological polar surface area (TPSA) is 50.2 Å². The number of aromatic nitrogens is 1. The summed E-state index contributed by atoms with van der Waals surface area (Å²) in [5.74, 6) is -0.867. The maximum atomic E-state index is 10.7. The van der Waals surface area contributed by atoms with Crippen LogP contribution < -0.4 is 0 Å². The average Bonchev–Trinajstić information content (AvgIpc) is 2.28. The quantitative estimate of drug-likeness (QED) is 0.825. The van der Waals surface area contributed by atoms with E-state index in [-0.39, 0.29) is 5.41 Å². The molecule has 1 rings (SSSR count). The molecule has 0 radical (unpaired) electrons. The Morgan fingerprint density at radius 1 is 1.56 bits per heavy atom. The van der Waals surface area contributed by atoms with Gasteiger partial charge >= 0.3 is 5.97 Å². The summed E-state index contributed by atoms with van der Waals surface area (Å²) in [7, 11) is 0. The van der Waals surface area contributed by atoms with Crippen LogP contribution in [0.3, 0.4) is 0 Å². The van der Waals surface area contributed by atoms with E-state index in [0.717, 1.165) is 12.1 Å². The van der Waals surface area contributed by atoms with Crippen LogP contribution in [0.15, 0.2) is 30.0 Å². The molecule has 0 aromatic carbocycles. The third-order valence-electron chi connectivity index (χ3n) is 2.97. The number of halogens is 1. The highest BCUT2D eigenvalue weighted by molar-refractivity contribution is 6.30. The van der Waals surface area contributed by atoms with Crippen LogP contribution in [0, 0.1) is 0 Å². The van der Waals surface area contributed by atoms with Crippen molar-refractivity contribution in [3.8, 4) is 0 Å². The van der Waals surface area contributed by atoms with Crippen LogP contribution in [0.25, 0.3) is 0 Å². The van der Waals surface area contributed by atoms with Crippen molar-refractivity contribution in [1.29, 1.82) is 0 Å². The highest BCUT2D eigenvalue weighted by Gasteiger charge is 2.21. The van der Waals surface area contributed by atoms with Gasteiger partial charge in [-0.2, -0.15) is 0 Å². The first kappa shape index (κ1) is 14.7. The van der Waals surface area contributed by atoms with Crippen molar-refractivity contribution in [3.05, 3.63) is 40.7 Å². The molecule has 4 heteroatoms.